The van der Waals surface area contributed by atoms with Crippen molar-refractivity contribution >= 4 is 16.9 Å². The average Bonchev–Trinajstić information content (AvgIpc) is 3.18. The van der Waals surface area contributed by atoms with Gasteiger partial charge in [-0.2, -0.15) is 5.26 Å². The SMILES string of the molecule is N#CC=C1/C(=C2/c3cccnc3-c3c(O)cccc32)C(=O)c2ccc(F)c(F)c21. The molecule has 4 nitrogen and oxygen atoms in total. The number of nitrogens with zero attached hydrogens (tertiary/aromatic N) is 2. The first kappa shape index (κ1) is 17.0. The van der Waals surface area contributed by atoms with E-state index in [0.717, 1.165) is 12.1 Å². The molecule has 0 bridgehead atoms. The molecule has 0 spiro atoms. The summed E-state index contributed by atoms with van der Waals surface area (Å²) in [5.74, 6) is -2.79. The number of ketones is 1. The van der Waals surface area contributed by atoms with Gasteiger partial charge in [-0.05, 0) is 29.8 Å². The standard InChI is InChI=1S/C23H10F2N2O2/c24-15-7-6-14-18(21(15)25)12(8-9-26)20(23(14)29)17-11-3-1-5-16(28)19(11)22-13(17)4-2-10-27-22/h1-8,10,28H/b12-8?,20-17-. The molecule has 2 aromatic carbocycles. The summed E-state index contributed by atoms with van der Waals surface area (Å²) in [6.45, 7) is 0. The molecule has 0 radical (unpaired) electrons. The number of hydrogen-bond donors (Lipinski definition) is 1. The van der Waals surface area contributed by atoms with Crippen LogP contribution in [0.4, 0.5) is 8.78 Å². The van der Waals surface area contributed by atoms with Gasteiger partial charge >= 0.3 is 0 Å². The highest BCUT2D eigenvalue weighted by molar-refractivity contribution is 6.32. The third-order valence-corrected chi connectivity index (χ3v) is 5.19. The van der Waals surface area contributed by atoms with Gasteiger partial charge in [-0.1, -0.05) is 18.2 Å². The molecular formula is C23H10F2N2O2. The Balaban J connectivity index is 1.95. The zero-order valence-corrected chi connectivity index (χ0v) is 14.7. The number of aromatic hydroxyl groups is 1. The number of fused-ring (bicyclic) bond motifs is 4. The van der Waals surface area contributed by atoms with E-state index in [1.165, 1.54) is 12.1 Å². The van der Waals surface area contributed by atoms with Crippen LogP contribution in [-0.2, 0) is 0 Å². The van der Waals surface area contributed by atoms with Crippen molar-refractivity contribution in [2.75, 3.05) is 0 Å². The maximum absolute atomic E-state index is 14.6. The molecule has 3 aromatic rings. The maximum Gasteiger partial charge on any atom is 0.195 e. The van der Waals surface area contributed by atoms with Crippen molar-refractivity contribution in [3.8, 4) is 23.1 Å². The Morgan fingerprint density at radius 3 is 2.55 bits per heavy atom. The molecule has 5 rings (SSSR count). The molecule has 0 atom stereocenters. The number of phenols is 1. The summed E-state index contributed by atoms with van der Waals surface area (Å²) in [6.07, 6.45) is 2.61. The quantitative estimate of drug-likeness (QED) is 0.354. The molecule has 138 valence electrons. The first-order valence-electron chi connectivity index (χ1n) is 8.70. The van der Waals surface area contributed by atoms with Gasteiger partial charge in [0.15, 0.2) is 17.4 Å². The van der Waals surface area contributed by atoms with Crippen molar-refractivity contribution in [1.29, 1.82) is 5.26 Å². The highest BCUT2D eigenvalue weighted by Gasteiger charge is 2.39. The predicted molar refractivity (Wildman–Crippen MR) is 102 cm³/mol. The van der Waals surface area contributed by atoms with E-state index in [0.29, 0.717) is 28.0 Å². The molecule has 2 aliphatic carbocycles. The lowest BCUT2D eigenvalue weighted by Crippen LogP contribution is -2.00. The van der Waals surface area contributed by atoms with Crippen molar-refractivity contribution in [1.82, 2.24) is 4.98 Å². The van der Waals surface area contributed by atoms with E-state index in [2.05, 4.69) is 4.98 Å². The number of halogens is 2. The molecule has 0 saturated carbocycles. The van der Waals surface area contributed by atoms with Crippen LogP contribution in [-0.4, -0.2) is 15.9 Å². The molecule has 6 heteroatoms. The summed E-state index contributed by atoms with van der Waals surface area (Å²) < 4.78 is 28.5. The minimum atomic E-state index is -1.17. The zero-order chi connectivity index (χ0) is 20.3. The normalized spacial score (nSPS) is 17.8. The van der Waals surface area contributed by atoms with Crippen LogP contribution >= 0.6 is 0 Å². The van der Waals surface area contributed by atoms with Crippen LogP contribution in [0.25, 0.3) is 22.4 Å². The number of hydrogen-bond acceptors (Lipinski definition) is 4. The highest BCUT2D eigenvalue weighted by Crippen LogP contribution is 2.52. The first-order chi connectivity index (χ1) is 14.0. The summed E-state index contributed by atoms with van der Waals surface area (Å²) in [7, 11) is 0. The van der Waals surface area contributed by atoms with Crippen LogP contribution in [0.2, 0.25) is 0 Å². The molecule has 0 fully saturated rings. The summed E-state index contributed by atoms with van der Waals surface area (Å²) >= 11 is 0. The molecule has 0 amide bonds. The molecule has 2 aliphatic rings. The van der Waals surface area contributed by atoms with Gasteiger partial charge in [-0.3, -0.25) is 9.78 Å². The number of rotatable bonds is 0. The fourth-order valence-corrected chi connectivity index (χ4v) is 4.06. The van der Waals surface area contributed by atoms with E-state index < -0.39 is 17.4 Å². The Labute approximate surface area is 163 Å². The van der Waals surface area contributed by atoms with E-state index in [9.17, 15) is 23.9 Å². The maximum atomic E-state index is 14.6. The Morgan fingerprint density at radius 2 is 1.76 bits per heavy atom. The van der Waals surface area contributed by atoms with Crippen LogP contribution in [0.5, 0.6) is 5.75 Å². The second-order valence-corrected chi connectivity index (χ2v) is 6.65. The number of benzene rings is 2. The Hall–Kier alpha value is -4.11. The fraction of sp³-hybridized carbons (Fsp3) is 0. The number of phenolic OH excluding ortho intramolecular Hbond substituents is 1. The zero-order valence-electron chi connectivity index (χ0n) is 14.7. The summed E-state index contributed by atoms with van der Waals surface area (Å²) in [5.41, 5.74) is 2.36. The number of Topliss-reactive ketones (excluding diaryl/α,β-unsaturated/α-hetero) is 1. The lowest BCUT2D eigenvalue weighted by molar-refractivity contribution is 0.104. The molecule has 1 heterocycles. The second kappa shape index (κ2) is 5.94. The van der Waals surface area contributed by atoms with E-state index >= 15 is 0 Å². The van der Waals surface area contributed by atoms with E-state index in [1.54, 1.807) is 30.5 Å². The summed E-state index contributed by atoms with van der Waals surface area (Å²) in [4.78, 5) is 17.6. The van der Waals surface area contributed by atoms with Gasteiger partial charge in [0.05, 0.1) is 17.3 Å². The lowest BCUT2D eigenvalue weighted by Gasteiger charge is -2.09. The van der Waals surface area contributed by atoms with Crippen LogP contribution < -0.4 is 0 Å². The molecule has 0 unspecified atom stereocenters. The van der Waals surface area contributed by atoms with Crippen molar-refractivity contribution in [3.05, 3.63) is 94.2 Å². The van der Waals surface area contributed by atoms with Gasteiger partial charge in [0.25, 0.3) is 0 Å². The van der Waals surface area contributed by atoms with E-state index in [1.807, 2.05) is 6.07 Å². The minimum Gasteiger partial charge on any atom is -0.507 e. The van der Waals surface area contributed by atoms with Crippen LogP contribution in [0.1, 0.15) is 27.0 Å². The smallest absolute Gasteiger partial charge is 0.195 e. The van der Waals surface area contributed by atoms with Crippen molar-refractivity contribution in [3.63, 3.8) is 0 Å². The number of allylic oxidation sites excluding steroid dienone is 3. The number of carbonyl (C=O) groups is 1. The number of pyridine rings is 1. The molecule has 29 heavy (non-hydrogen) atoms. The number of nitriles is 1. The molecule has 1 N–H and O–H groups in total. The molecule has 0 aliphatic heterocycles. The van der Waals surface area contributed by atoms with Crippen molar-refractivity contribution in [2.45, 2.75) is 0 Å². The minimum absolute atomic E-state index is 0.00746. The third kappa shape index (κ3) is 2.15. The largest absolute Gasteiger partial charge is 0.507 e. The number of aromatic nitrogens is 1. The van der Waals surface area contributed by atoms with E-state index in [-0.39, 0.29) is 28.0 Å². The van der Waals surface area contributed by atoms with Crippen molar-refractivity contribution < 1.29 is 18.7 Å². The Morgan fingerprint density at radius 1 is 0.966 bits per heavy atom. The van der Waals surface area contributed by atoms with E-state index in [4.69, 9.17) is 0 Å². The van der Waals surface area contributed by atoms with Crippen LogP contribution in [0.3, 0.4) is 0 Å². The predicted octanol–water partition coefficient (Wildman–Crippen LogP) is 4.65. The van der Waals surface area contributed by atoms with Gasteiger partial charge in [0, 0.05) is 45.7 Å². The summed E-state index contributed by atoms with van der Waals surface area (Å²) in [5, 5.41) is 19.7. The average molecular weight is 384 g/mol. The topological polar surface area (TPSA) is 74.0 Å². The third-order valence-electron chi connectivity index (χ3n) is 5.19. The van der Waals surface area contributed by atoms with Crippen LogP contribution in [0, 0.1) is 23.0 Å². The first-order valence-corrected chi connectivity index (χ1v) is 8.70. The lowest BCUT2D eigenvalue weighted by atomic mass is 9.93. The van der Waals surface area contributed by atoms with Gasteiger partial charge in [-0.15, -0.1) is 0 Å². The fourth-order valence-electron chi connectivity index (χ4n) is 4.06. The Bertz CT molecular complexity index is 1360. The molecule has 0 saturated heterocycles. The summed E-state index contributed by atoms with van der Waals surface area (Å²) in [6, 6.07) is 12.2. The Kier molecular flexibility index (Phi) is 3.49. The van der Waals surface area contributed by atoms with Gasteiger partial charge in [0.1, 0.15) is 5.75 Å². The molecular weight excluding hydrogens is 374 g/mol. The van der Waals surface area contributed by atoms with Crippen molar-refractivity contribution in [2.24, 2.45) is 0 Å². The number of carbonyl (C=O) groups excluding carboxylic acids is 1. The highest BCUT2D eigenvalue weighted by atomic mass is 19.2. The van der Waals surface area contributed by atoms with Gasteiger partial charge < -0.3 is 5.11 Å². The van der Waals surface area contributed by atoms with Crippen LogP contribution in [0.15, 0.2) is 60.3 Å². The second-order valence-electron chi connectivity index (χ2n) is 6.65. The molecule has 1 aromatic heterocycles. The van der Waals surface area contributed by atoms with Gasteiger partial charge in [0.2, 0.25) is 0 Å². The monoisotopic (exact) mass is 384 g/mol. The van der Waals surface area contributed by atoms with Gasteiger partial charge in [-0.25, -0.2) is 8.78 Å².